The first kappa shape index (κ1) is 24.3. The number of amides is 1. The average Bonchev–Trinajstić information content (AvgIpc) is 3.27. The Morgan fingerprint density at radius 1 is 0.971 bits per heavy atom. The number of carboxylic acids is 1. The van der Waals surface area contributed by atoms with E-state index in [4.69, 9.17) is 4.98 Å². The van der Waals surface area contributed by atoms with Gasteiger partial charge in [-0.3, -0.25) is 4.79 Å². The van der Waals surface area contributed by atoms with Crippen molar-refractivity contribution in [3.63, 3.8) is 0 Å². The molecule has 0 fully saturated rings. The minimum atomic E-state index is -1.04. The Morgan fingerprint density at radius 3 is 2.20 bits per heavy atom. The Kier molecular flexibility index (Phi) is 7.36. The van der Waals surface area contributed by atoms with Gasteiger partial charge in [-0.1, -0.05) is 84.4 Å². The lowest BCUT2D eigenvalue weighted by atomic mass is 10.0. The molecule has 1 heterocycles. The summed E-state index contributed by atoms with van der Waals surface area (Å²) in [5, 5.41) is 12.3. The smallest absolute Gasteiger partial charge is 0.335 e. The first-order valence-electron chi connectivity index (χ1n) is 11.4. The number of carboxylic acid groups (broad SMARTS) is 1. The molecule has 0 aliphatic rings. The lowest BCUT2D eigenvalue weighted by Gasteiger charge is -2.13. The Bertz CT molecular complexity index is 1280. The third kappa shape index (κ3) is 5.81. The zero-order valence-electron chi connectivity index (χ0n) is 19.8. The van der Waals surface area contributed by atoms with Gasteiger partial charge in [-0.15, -0.1) is 0 Å². The highest BCUT2D eigenvalue weighted by Crippen LogP contribution is 2.35. The molecule has 4 aromatic rings. The number of aromatic amines is 1. The van der Waals surface area contributed by atoms with Gasteiger partial charge in [0.2, 0.25) is 5.91 Å². The van der Waals surface area contributed by atoms with Crippen LogP contribution >= 0.6 is 11.8 Å². The molecule has 0 aliphatic heterocycles. The van der Waals surface area contributed by atoms with Crippen LogP contribution in [0, 0.1) is 13.8 Å². The third-order valence-electron chi connectivity index (χ3n) is 5.64. The summed E-state index contributed by atoms with van der Waals surface area (Å²) >= 11 is 1.36. The van der Waals surface area contributed by atoms with E-state index in [1.54, 1.807) is 12.1 Å². The van der Waals surface area contributed by atoms with Crippen LogP contribution in [0.2, 0.25) is 0 Å². The van der Waals surface area contributed by atoms with E-state index >= 15 is 0 Å². The topological polar surface area (TPSA) is 95.1 Å². The highest BCUT2D eigenvalue weighted by Gasteiger charge is 2.22. The minimum absolute atomic E-state index is 0.125. The summed E-state index contributed by atoms with van der Waals surface area (Å²) in [6, 6.07) is 22.7. The summed E-state index contributed by atoms with van der Waals surface area (Å²) in [4.78, 5) is 32.6. The van der Waals surface area contributed by atoms with Crippen molar-refractivity contribution in [3.05, 3.63) is 89.5 Å². The van der Waals surface area contributed by atoms with Crippen molar-refractivity contribution in [2.75, 3.05) is 5.32 Å². The van der Waals surface area contributed by atoms with Crippen molar-refractivity contribution in [2.45, 2.75) is 37.6 Å². The fraction of sp³-hybridized carbons (Fsp3) is 0.179. The van der Waals surface area contributed by atoms with Crippen molar-refractivity contribution >= 4 is 29.3 Å². The van der Waals surface area contributed by atoms with Crippen LogP contribution in [-0.2, 0) is 4.79 Å². The Labute approximate surface area is 208 Å². The standard InChI is InChI=1S/C28H27N3O3S/c1-4-23(26(32)29-22-7-5-6-21(16-22)27(33)34)35-28-30-24(19-12-8-17(2)9-13-19)25(31-28)20-14-10-18(3)11-15-20/h5-16,23H,4H2,1-3H3,(H,29,32)(H,30,31)(H,33,34). The number of thioether (sulfide) groups is 1. The fourth-order valence-electron chi connectivity index (χ4n) is 3.67. The van der Waals surface area contributed by atoms with Gasteiger partial charge in [0.25, 0.3) is 0 Å². The summed E-state index contributed by atoms with van der Waals surface area (Å²) < 4.78 is 0. The van der Waals surface area contributed by atoms with Crippen LogP contribution in [0.15, 0.2) is 78.0 Å². The number of hydrogen-bond acceptors (Lipinski definition) is 4. The van der Waals surface area contributed by atoms with Crippen LogP contribution in [0.3, 0.4) is 0 Å². The maximum absolute atomic E-state index is 13.0. The molecule has 0 saturated heterocycles. The average molecular weight is 486 g/mol. The van der Waals surface area contributed by atoms with Crippen LogP contribution in [-0.4, -0.2) is 32.2 Å². The molecular weight excluding hydrogens is 458 g/mol. The molecule has 1 unspecified atom stereocenters. The number of imidazole rings is 1. The van der Waals surface area contributed by atoms with E-state index in [1.807, 2.05) is 13.8 Å². The van der Waals surface area contributed by atoms with Crippen molar-refractivity contribution in [1.82, 2.24) is 9.97 Å². The third-order valence-corrected chi connectivity index (χ3v) is 6.89. The van der Waals surface area contributed by atoms with E-state index in [2.05, 4.69) is 65.8 Å². The van der Waals surface area contributed by atoms with Crippen molar-refractivity contribution < 1.29 is 14.7 Å². The fourth-order valence-corrected chi connectivity index (χ4v) is 4.57. The summed E-state index contributed by atoms with van der Waals surface area (Å²) in [5.41, 5.74) is 6.68. The molecule has 0 bridgehead atoms. The highest BCUT2D eigenvalue weighted by atomic mass is 32.2. The number of benzene rings is 3. The first-order chi connectivity index (χ1) is 16.8. The quantitative estimate of drug-likeness (QED) is 0.245. The number of carbonyl (C=O) groups excluding carboxylic acids is 1. The van der Waals surface area contributed by atoms with Crippen LogP contribution in [0.5, 0.6) is 0 Å². The van der Waals surface area contributed by atoms with E-state index in [1.165, 1.54) is 35.0 Å². The van der Waals surface area contributed by atoms with Crippen molar-refractivity contribution in [1.29, 1.82) is 0 Å². The number of nitrogens with one attached hydrogen (secondary N) is 2. The van der Waals surface area contributed by atoms with Crippen LogP contribution in [0.1, 0.15) is 34.8 Å². The van der Waals surface area contributed by atoms with E-state index in [0.29, 0.717) is 17.3 Å². The number of H-pyrrole nitrogens is 1. The molecule has 178 valence electrons. The van der Waals surface area contributed by atoms with Gasteiger partial charge in [0.05, 0.1) is 22.2 Å². The van der Waals surface area contributed by atoms with Crippen LogP contribution in [0.25, 0.3) is 22.5 Å². The number of nitrogens with zero attached hydrogens (tertiary/aromatic N) is 1. The van der Waals surface area contributed by atoms with Gasteiger partial charge in [0.15, 0.2) is 5.16 Å². The first-order valence-corrected chi connectivity index (χ1v) is 12.3. The molecule has 1 amide bonds. The number of aromatic nitrogens is 2. The summed E-state index contributed by atoms with van der Waals surface area (Å²) in [5.74, 6) is -1.24. The van der Waals surface area contributed by atoms with Gasteiger partial charge in [-0.25, -0.2) is 9.78 Å². The number of aryl methyl sites for hydroxylation is 2. The van der Waals surface area contributed by atoms with Gasteiger partial charge >= 0.3 is 5.97 Å². The number of anilines is 1. The van der Waals surface area contributed by atoms with E-state index in [0.717, 1.165) is 22.5 Å². The molecule has 0 radical (unpaired) electrons. The van der Waals surface area contributed by atoms with Gasteiger partial charge in [-0.05, 0) is 38.5 Å². The normalized spacial score (nSPS) is 11.7. The number of aromatic carboxylic acids is 1. The zero-order valence-corrected chi connectivity index (χ0v) is 20.6. The van der Waals surface area contributed by atoms with Gasteiger partial charge in [0, 0.05) is 16.8 Å². The maximum atomic E-state index is 13.0. The largest absolute Gasteiger partial charge is 0.478 e. The van der Waals surface area contributed by atoms with E-state index in [9.17, 15) is 14.7 Å². The molecule has 3 N–H and O–H groups in total. The molecule has 1 aromatic heterocycles. The van der Waals surface area contributed by atoms with Gasteiger partial charge in [-0.2, -0.15) is 0 Å². The van der Waals surface area contributed by atoms with Crippen LogP contribution < -0.4 is 5.32 Å². The Morgan fingerprint density at radius 2 is 1.60 bits per heavy atom. The van der Waals surface area contributed by atoms with Crippen LogP contribution in [0.4, 0.5) is 5.69 Å². The number of rotatable bonds is 8. The summed E-state index contributed by atoms with van der Waals surface area (Å²) in [7, 11) is 0. The Balaban J connectivity index is 1.62. The second-order valence-electron chi connectivity index (χ2n) is 8.39. The predicted octanol–water partition coefficient (Wildman–Crippen LogP) is 6.57. The molecule has 0 spiro atoms. The SMILES string of the molecule is CCC(Sc1nc(-c2ccc(C)cc2)c(-c2ccc(C)cc2)[nH]1)C(=O)Nc1cccc(C(=O)O)c1. The lowest BCUT2D eigenvalue weighted by molar-refractivity contribution is -0.115. The van der Waals surface area contributed by atoms with E-state index < -0.39 is 11.2 Å². The van der Waals surface area contributed by atoms with Crippen molar-refractivity contribution in [3.8, 4) is 22.5 Å². The molecule has 0 saturated carbocycles. The molecule has 3 aromatic carbocycles. The lowest BCUT2D eigenvalue weighted by Crippen LogP contribution is -2.24. The second kappa shape index (κ2) is 10.6. The van der Waals surface area contributed by atoms with Crippen molar-refractivity contribution in [2.24, 2.45) is 0 Å². The summed E-state index contributed by atoms with van der Waals surface area (Å²) in [6.07, 6.45) is 0.579. The summed E-state index contributed by atoms with van der Waals surface area (Å²) in [6.45, 7) is 6.04. The second-order valence-corrected chi connectivity index (χ2v) is 9.58. The molecule has 0 aliphatic carbocycles. The number of carbonyl (C=O) groups is 2. The van der Waals surface area contributed by atoms with Gasteiger partial charge in [0.1, 0.15) is 0 Å². The maximum Gasteiger partial charge on any atom is 0.335 e. The molecule has 7 heteroatoms. The number of hydrogen-bond donors (Lipinski definition) is 3. The van der Waals surface area contributed by atoms with E-state index in [-0.39, 0.29) is 11.5 Å². The molecule has 6 nitrogen and oxygen atoms in total. The minimum Gasteiger partial charge on any atom is -0.478 e. The molecule has 1 atom stereocenters. The molecule has 35 heavy (non-hydrogen) atoms. The molecular formula is C28H27N3O3S. The highest BCUT2D eigenvalue weighted by molar-refractivity contribution is 8.00. The monoisotopic (exact) mass is 485 g/mol. The predicted molar refractivity (Wildman–Crippen MR) is 141 cm³/mol. The molecule has 4 rings (SSSR count). The zero-order chi connectivity index (χ0) is 24.9. The van der Waals surface area contributed by atoms with Gasteiger partial charge < -0.3 is 15.4 Å². The Hall–Kier alpha value is -3.84.